The predicted molar refractivity (Wildman–Crippen MR) is 119 cm³/mol. The summed E-state index contributed by atoms with van der Waals surface area (Å²) in [5.74, 6) is -0.560. The predicted octanol–water partition coefficient (Wildman–Crippen LogP) is 2.86. The van der Waals surface area contributed by atoms with Crippen molar-refractivity contribution in [3.05, 3.63) is 29.5 Å². The molecule has 5 N–H and O–H groups in total. The van der Waals surface area contributed by atoms with Crippen molar-refractivity contribution in [2.75, 3.05) is 23.8 Å². The van der Waals surface area contributed by atoms with E-state index in [4.69, 9.17) is 0 Å². The van der Waals surface area contributed by atoms with Gasteiger partial charge in [-0.05, 0) is 38.0 Å². The van der Waals surface area contributed by atoms with E-state index in [1.807, 2.05) is 25.1 Å². The number of aliphatic hydroxyl groups excluding tert-OH is 3. The number of aryl methyl sites for hydroxylation is 2. The zero-order valence-corrected chi connectivity index (χ0v) is 18.7. The lowest BCUT2D eigenvalue weighted by atomic mass is 10.1. The molecule has 1 fully saturated rings. The summed E-state index contributed by atoms with van der Waals surface area (Å²) in [4.78, 5) is 13.1. The van der Waals surface area contributed by atoms with Crippen LogP contribution in [0, 0.1) is 19.8 Å². The summed E-state index contributed by atoms with van der Waals surface area (Å²) in [7, 11) is 0. The molecule has 0 aliphatic heterocycles. The number of fused-ring (bicyclic) bond motifs is 1. The monoisotopic (exact) mass is 483 g/mol. The van der Waals surface area contributed by atoms with Crippen LogP contribution in [0.4, 0.5) is 24.9 Å². The second-order valence-corrected chi connectivity index (χ2v) is 9.26. The molecule has 3 aromatic rings. The number of nitrogens with one attached hydrogen (secondary N) is 2. The van der Waals surface area contributed by atoms with Gasteiger partial charge in [-0.25, -0.2) is 9.97 Å². The van der Waals surface area contributed by atoms with Crippen molar-refractivity contribution in [1.82, 2.24) is 15.0 Å². The van der Waals surface area contributed by atoms with Crippen LogP contribution in [0.15, 0.2) is 18.2 Å². The maximum atomic E-state index is 12.7. The Bertz CT molecular complexity index is 1160. The van der Waals surface area contributed by atoms with E-state index in [-0.39, 0.29) is 24.8 Å². The van der Waals surface area contributed by atoms with E-state index in [1.54, 1.807) is 6.92 Å². The number of hydrogen-bond acceptors (Lipinski definition) is 9. The lowest BCUT2D eigenvalue weighted by molar-refractivity contribution is -0.115. The molecule has 1 aliphatic carbocycles. The number of rotatable bonds is 6. The average Bonchev–Trinajstić information content (AvgIpc) is 3.26. The van der Waals surface area contributed by atoms with Gasteiger partial charge >= 0.3 is 6.18 Å². The summed E-state index contributed by atoms with van der Waals surface area (Å²) in [6.07, 6.45) is -6.51. The van der Waals surface area contributed by atoms with Crippen LogP contribution in [-0.2, 0) is 0 Å². The first-order valence-corrected chi connectivity index (χ1v) is 11.2. The number of benzene rings is 1. The molecule has 1 aromatic carbocycles. The quantitative estimate of drug-likeness (QED) is 0.363. The highest BCUT2D eigenvalue weighted by molar-refractivity contribution is 7.21. The Kier molecular flexibility index (Phi) is 6.45. The second kappa shape index (κ2) is 9.01. The van der Waals surface area contributed by atoms with Crippen LogP contribution in [0.3, 0.4) is 0 Å². The third-order valence-electron chi connectivity index (χ3n) is 5.65. The number of alkyl halides is 3. The summed E-state index contributed by atoms with van der Waals surface area (Å²) in [5.41, 5.74) is 2.73. The van der Waals surface area contributed by atoms with Crippen molar-refractivity contribution in [2.24, 2.45) is 5.92 Å². The minimum absolute atomic E-state index is 0.192. The zero-order valence-electron chi connectivity index (χ0n) is 17.9. The normalized spacial score (nSPS) is 23.3. The fourth-order valence-electron chi connectivity index (χ4n) is 3.95. The van der Waals surface area contributed by atoms with E-state index in [1.165, 1.54) is 11.3 Å². The van der Waals surface area contributed by atoms with Gasteiger partial charge in [-0.1, -0.05) is 6.07 Å². The molecule has 4 rings (SSSR count). The standard InChI is InChI=1S/C21H24F3N5O3S/c1-9-3-4-12-14(5-9)33-19(28-12)15-10(2)26-20(25-8-21(22,23)24)29-18(15)27-13-6-11(7-30)16(31)17(13)32/h3-5,11,13,16-17,30-32H,6-8H2,1-2H3,(H2,25,26,27,29)/t11-,13-,16-,17+/m1/s1. The van der Waals surface area contributed by atoms with Gasteiger partial charge in [-0.15, -0.1) is 11.3 Å². The molecule has 1 saturated carbocycles. The van der Waals surface area contributed by atoms with E-state index >= 15 is 0 Å². The number of thiazole rings is 1. The van der Waals surface area contributed by atoms with E-state index in [0.717, 1.165) is 15.8 Å². The molecule has 1 aliphatic rings. The van der Waals surface area contributed by atoms with Gasteiger partial charge in [-0.2, -0.15) is 18.2 Å². The molecule has 0 radical (unpaired) electrons. The lowest BCUT2D eigenvalue weighted by Gasteiger charge is -2.21. The number of halogens is 3. The Morgan fingerprint density at radius 2 is 1.88 bits per heavy atom. The number of aromatic nitrogens is 3. The van der Waals surface area contributed by atoms with Crippen molar-refractivity contribution in [2.45, 2.75) is 44.7 Å². The van der Waals surface area contributed by atoms with Gasteiger partial charge in [0.05, 0.1) is 33.6 Å². The molecule has 0 spiro atoms. The van der Waals surface area contributed by atoms with E-state index in [0.29, 0.717) is 16.3 Å². The van der Waals surface area contributed by atoms with Gasteiger partial charge in [0, 0.05) is 12.5 Å². The Labute approximate surface area is 191 Å². The number of anilines is 2. The highest BCUT2D eigenvalue weighted by atomic mass is 32.1. The summed E-state index contributed by atoms with van der Waals surface area (Å²) in [6, 6.07) is 5.14. The minimum atomic E-state index is -4.45. The molecule has 0 amide bonds. The largest absolute Gasteiger partial charge is 0.405 e. The van der Waals surface area contributed by atoms with Crippen LogP contribution in [-0.4, -0.2) is 67.8 Å². The number of hydrogen-bond donors (Lipinski definition) is 5. The van der Waals surface area contributed by atoms with Gasteiger partial charge < -0.3 is 26.0 Å². The molecular weight excluding hydrogens is 459 g/mol. The van der Waals surface area contributed by atoms with Crippen molar-refractivity contribution >= 4 is 33.3 Å². The first-order valence-electron chi connectivity index (χ1n) is 10.4. The Morgan fingerprint density at radius 3 is 2.55 bits per heavy atom. The minimum Gasteiger partial charge on any atom is -0.396 e. The van der Waals surface area contributed by atoms with Crippen LogP contribution < -0.4 is 10.6 Å². The van der Waals surface area contributed by atoms with Crippen LogP contribution >= 0.6 is 11.3 Å². The molecule has 33 heavy (non-hydrogen) atoms. The summed E-state index contributed by atoms with van der Waals surface area (Å²) in [6.45, 7) is 2.01. The highest BCUT2D eigenvalue weighted by Gasteiger charge is 2.41. The Morgan fingerprint density at radius 1 is 1.12 bits per heavy atom. The first kappa shape index (κ1) is 23.6. The van der Waals surface area contributed by atoms with Crippen LogP contribution in [0.1, 0.15) is 17.7 Å². The van der Waals surface area contributed by atoms with Gasteiger partial charge in [0.2, 0.25) is 5.95 Å². The first-order chi connectivity index (χ1) is 15.6. The maximum Gasteiger partial charge on any atom is 0.405 e. The third kappa shape index (κ3) is 5.03. The molecule has 2 aromatic heterocycles. The van der Waals surface area contributed by atoms with Crippen molar-refractivity contribution in [3.63, 3.8) is 0 Å². The fourth-order valence-corrected chi connectivity index (χ4v) is 5.12. The van der Waals surface area contributed by atoms with E-state index in [2.05, 4.69) is 25.6 Å². The van der Waals surface area contributed by atoms with E-state index < -0.39 is 36.9 Å². The smallest absolute Gasteiger partial charge is 0.396 e. The molecule has 0 saturated heterocycles. The van der Waals surface area contributed by atoms with Gasteiger partial charge in [0.25, 0.3) is 0 Å². The molecule has 0 bridgehead atoms. The van der Waals surface area contributed by atoms with Gasteiger partial charge in [-0.3, -0.25) is 0 Å². The molecule has 0 unspecified atom stereocenters. The number of aliphatic hydroxyl groups is 3. The molecule has 2 heterocycles. The maximum absolute atomic E-state index is 12.7. The highest BCUT2D eigenvalue weighted by Crippen LogP contribution is 2.38. The summed E-state index contributed by atoms with van der Waals surface area (Å²) in [5, 5.41) is 35.9. The molecule has 12 heteroatoms. The summed E-state index contributed by atoms with van der Waals surface area (Å²) >= 11 is 1.40. The van der Waals surface area contributed by atoms with Gasteiger partial charge in [0.1, 0.15) is 23.5 Å². The SMILES string of the molecule is Cc1ccc2nc(-c3c(C)nc(NCC(F)(F)F)nc3N[C@@H]3C[C@H](CO)[C@@H](O)[C@H]3O)sc2c1. The van der Waals surface area contributed by atoms with Crippen LogP contribution in [0.5, 0.6) is 0 Å². The molecule has 4 atom stereocenters. The fraction of sp³-hybridized carbons (Fsp3) is 0.476. The second-order valence-electron chi connectivity index (χ2n) is 8.23. The van der Waals surface area contributed by atoms with Crippen molar-refractivity contribution < 1.29 is 28.5 Å². The molecule has 178 valence electrons. The number of nitrogens with zero attached hydrogens (tertiary/aromatic N) is 3. The van der Waals surface area contributed by atoms with Crippen molar-refractivity contribution in [1.29, 1.82) is 0 Å². The van der Waals surface area contributed by atoms with Gasteiger partial charge in [0.15, 0.2) is 0 Å². The van der Waals surface area contributed by atoms with Crippen molar-refractivity contribution in [3.8, 4) is 10.6 Å². The third-order valence-corrected chi connectivity index (χ3v) is 6.69. The molecule has 8 nitrogen and oxygen atoms in total. The van der Waals surface area contributed by atoms with Crippen LogP contribution in [0.25, 0.3) is 20.8 Å². The topological polar surface area (TPSA) is 123 Å². The Hall–Kier alpha value is -2.54. The Balaban J connectivity index is 1.75. The van der Waals surface area contributed by atoms with Crippen LogP contribution in [0.2, 0.25) is 0 Å². The lowest BCUT2D eigenvalue weighted by Crippen LogP contribution is -2.36. The molecular formula is C21H24F3N5O3S. The zero-order chi connectivity index (χ0) is 23.9. The summed E-state index contributed by atoms with van der Waals surface area (Å²) < 4.78 is 39.1. The average molecular weight is 484 g/mol. The van der Waals surface area contributed by atoms with E-state index in [9.17, 15) is 28.5 Å².